The predicted octanol–water partition coefficient (Wildman–Crippen LogP) is 4.36. The van der Waals surface area contributed by atoms with Crippen LogP contribution in [0.4, 0.5) is 0 Å². The van der Waals surface area contributed by atoms with E-state index in [1.807, 2.05) is 6.07 Å². The normalized spacial score (nSPS) is 25.4. The average molecular weight is 283 g/mol. The van der Waals surface area contributed by atoms with Crippen LogP contribution < -0.4 is 4.74 Å². The smallest absolute Gasteiger partial charge is 0.119 e. The fourth-order valence-electron chi connectivity index (χ4n) is 2.55. The Kier molecular flexibility index (Phi) is 4.28. The van der Waals surface area contributed by atoms with E-state index in [0.717, 1.165) is 22.9 Å². The van der Waals surface area contributed by atoms with E-state index < -0.39 is 0 Å². The molecule has 0 saturated heterocycles. The zero-order chi connectivity index (χ0) is 11.4. The van der Waals surface area contributed by atoms with Crippen molar-refractivity contribution in [1.82, 2.24) is 0 Å². The van der Waals surface area contributed by atoms with Crippen molar-refractivity contribution in [3.05, 3.63) is 29.8 Å². The lowest BCUT2D eigenvalue weighted by molar-refractivity contribution is 0.352. The standard InChI is InChI=1S/C14H19BrO/c1-16-14-4-2-3-13(9-14)12-7-5-11(10-15)6-8-12/h2-4,9,11-12H,5-8,10H2,1H3. The first-order valence-corrected chi connectivity index (χ1v) is 7.15. The van der Waals surface area contributed by atoms with Gasteiger partial charge in [-0.15, -0.1) is 0 Å². The Labute approximate surface area is 106 Å². The summed E-state index contributed by atoms with van der Waals surface area (Å²) in [5.74, 6) is 2.62. The highest BCUT2D eigenvalue weighted by atomic mass is 79.9. The number of halogens is 1. The fourth-order valence-corrected chi connectivity index (χ4v) is 3.19. The van der Waals surface area contributed by atoms with Crippen LogP contribution >= 0.6 is 15.9 Å². The second-order valence-electron chi connectivity index (χ2n) is 4.65. The average Bonchev–Trinajstić information content (AvgIpc) is 2.39. The molecule has 0 N–H and O–H groups in total. The monoisotopic (exact) mass is 282 g/mol. The third-order valence-corrected chi connectivity index (χ3v) is 4.55. The highest BCUT2D eigenvalue weighted by Gasteiger charge is 2.21. The van der Waals surface area contributed by atoms with Gasteiger partial charge in [0, 0.05) is 5.33 Å². The summed E-state index contributed by atoms with van der Waals surface area (Å²) in [6, 6.07) is 8.55. The number of alkyl halides is 1. The van der Waals surface area contributed by atoms with Crippen molar-refractivity contribution >= 4 is 15.9 Å². The summed E-state index contributed by atoms with van der Waals surface area (Å²) in [5, 5.41) is 1.16. The molecule has 88 valence electrons. The number of hydrogen-bond donors (Lipinski definition) is 0. The molecule has 1 aromatic rings. The van der Waals surface area contributed by atoms with Crippen LogP contribution in [0.3, 0.4) is 0 Å². The van der Waals surface area contributed by atoms with Crippen molar-refractivity contribution in [1.29, 1.82) is 0 Å². The second-order valence-corrected chi connectivity index (χ2v) is 5.30. The van der Waals surface area contributed by atoms with Gasteiger partial charge in [0.15, 0.2) is 0 Å². The van der Waals surface area contributed by atoms with Crippen LogP contribution in [0, 0.1) is 5.92 Å². The molecule has 1 aromatic carbocycles. The van der Waals surface area contributed by atoms with E-state index in [4.69, 9.17) is 4.74 Å². The Balaban J connectivity index is 2.02. The minimum atomic E-state index is 0.741. The molecule has 0 bridgehead atoms. The summed E-state index contributed by atoms with van der Waals surface area (Å²) < 4.78 is 5.28. The summed E-state index contributed by atoms with van der Waals surface area (Å²) in [5.41, 5.74) is 1.45. The number of rotatable bonds is 3. The minimum Gasteiger partial charge on any atom is -0.497 e. The molecule has 1 fully saturated rings. The maximum absolute atomic E-state index is 5.28. The van der Waals surface area contributed by atoms with E-state index in [1.165, 1.54) is 31.2 Å². The topological polar surface area (TPSA) is 9.23 Å². The van der Waals surface area contributed by atoms with Gasteiger partial charge in [0.05, 0.1) is 7.11 Å². The molecule has 0 amide bonds. The molecular weight excluding hydrogens is 264 g/mol. The Hall–Kier alpha value is -0.500. The zero-order valence-corrected chi connectivity index (χ0v) is 11.4. The van der Waals surface area contributed by atoms with Crippen LogP contribution in [0.25, 0.3) is 0 Å². The summed E-state index contributed by atoms with van der Waals surface area (Å²) >= 11 is 3.59. The highest BCUT2D eigenvalue weighted by molar-refractivity contribution is 9.09. The van der Waals surface area contributed by atoms with E-state index in [-0.39, 0.29) is 0 Å². The summed E-state index contributed by atoms with van der Waals surface area (Å²) in [6.45, 7) is 0. The molecular formula is C14H19BrO. The van der Waals surface area contributed by atoms with Crippen LogP contribution in [0.1, 0.15) is 37.2 Å². The molecule has 1 nitrogen and oxygen atoms in total. The Morgan fingerprint density at radius 2 is 2.00 bits per heavy atom. The summed E-state index contributed by atoms with van der Waals surface area (Å²) in [7, 11) is 1.74. The van der Waals surface area contributed by atoms with Gasteiger partial charge >= 0.3 is 0 Å². The van der Waals surface area contributed by atoms with Crippen molar-refractivity contribution in [2.45, 2.75) is 31.6 Å². The lowest BCUT2D eigenvalue weighted by atomic mass is 9.79. The van der Waals surface area contributed by atoms with E-state index in [2.05, 4.69) is 34.1 Å². The number of methoxy groups -OCH3 is 1. The molecule has 0 atom stereocenters. The van der Waals surface area contributed by atoms with E-state index in [0.29, 0.717) is 0 Å². The van der Waals surface area contributed by atoms with Gasteiger partial charge in [0.25, 0.3) is 0 Å². The molecule has 0 unspecified atom stereocenters. The Bertz CT molecular complexity index is 329. The highest BCUT2D eigenvalue weighted by Crippen LogP contribution is 2.37. The Morgan fingerprint density at radius 3 is 2.62 bits per heavy atom. The first-order valence-electron chi connectivity index (χ1n) is 6.03. The largest absolute Gasteiger partial charge is 0.497 e. The van der Waals surface area contributed by atoms with E-state index in [1.54, 1.807) is 7.11 Å². The molecule has 0 aromatic heterocycles. The zero-order valence-electron chi connectivity index (χ0n) is 9.79. The third-order valence-electron chi connectivity index (χ3n) is 3.63. The molecule has 0 spiro atoms. The van der Waals surface area contributed by atoms with Crippen LogP contribution in [0.15, 0.2) is 24.3 Å². The molecule has 0 aliphatic heterocycles. The van der Waals surface area contributed by atoms with Crippen LogP contribution in [0.5, 0.6) is 5.75 Å². The van der Waals surface area contributed by atoms with Crippen molar-refractivity contribution in [3.63, 3.8) is 0 Å². The molecule has 2 rings (SSSR count). The van der Waals surface area contributed by atoms with Crippen LogP contribution in [-0.2, 0) is 0 Å². The SMILES string of the molecule is COc1cccc(C2CCC(CBr)CC2)c1. The maximum Gasteiger partial charge on any atom is 0.119 e. The maximum atomic E-state index is 5.28. The number of benzene rings is 1. The van der Waals surface area contributed by atoms with Crippen molar-refractivity contribution in [2.24, 2.45) is 5.92 Å². The summed E-state index contributed by atoms with van der Waals surface area (Å²) in [6.07, 6.45) is 5.35. The van der Waals surface area contributed by atoms with Crippen molar-refractivity contribution < 1.29 is 4.74 Å². The fraction of sp³-hybridized carbons (Fsp3) is 0.571. The molecule has 0 heterocycles. The Morgan fingerprint density at radius 1 is 1.25 bits per heavy atom. The molecule has 0 radical (unpaired) electrons. The van der Waals surface area contributed by atoms with Gasteiger partial charge in [-0.3, -0.25) is 0 Å². The van der Waals surface area contributed by atoms with Gasteiger partial charge < -0.3 is 4.74 Å². The first-order chi connectivity index (χ1) is 7.83. The molecule has 1 aliphatic rings. The van der Waals surface area contributed by atoms with Crippen LogP contribution in [0.2, 0.25) is 0 Å². The summed E-state index contributed by atoms with van der Waals surface area (Å²) in [4.78, 5) is 0. The van der Waals surface area contributed by atoms with Gasteiger partial charge in [-0.25, -0.2) is 0 Å². The van der Waals surface area contributed by atoms with Gasteiger partial charge in [0.2, 0.25) is 0 Å². The quantitative estimate of drug-likeness (QED) is 0.749. The number of hydrogen-bond acceptors (Lipinski definition) is 1. The third kappa shape index (κ3) is 2.79. The minimum absolute atomic E-state index is 0.741. The van der Waals surface area contributed by atoms with Gasteiger partial charge in [-0.05, 0) is 55.2 Å². The second kappa shape index (κ2) is 5.72. The molecule has 1 saturated carbocycles. The lowest BCUT2D eigenvalue weighted by Crippen LogP contribution is -2.14. The predicted molar refractivity (Wildman–Crippen MR) is 71.5 cm³/mol. The first kappa shape index (κ1) is 12.0. The van der Waals surface area contributed by atoms with Crippen molar-refractivity contribution in [3.8, 4) is 5.75 Å². The molecule has 16 heavy (non-hydrogen) atoms. The van der Waals surface area contributed by atoms with Crippen LogP contribution in [-0.4, -0.2) is 12.4 Å². The molecule has 2 heteroatoms. The van der Waals surface area contributed by atoms with Crippen molar-refractivity contribution in [2.75, 3.05) is 12.4 Å². The lowest BCUT2D eigenvalue weighted by Gasteiger charge is -2.27. The number of ether oxygens (including phenoxy) is 1. The van der Waals surface area contributed by atoms with E-state index >= 15 is 0 Å². The van der Waals surface area contributed by atoms with Gasteiger partial charge in [-0.2, -0.15) is 0 Å². The van der Waals surface area contributed by atoms with E-state index in [9.17, 15) is 0 Å². The molecule has 1 aliphatic carbocycles. The van der Waals surface area contributed by atoms with Gasteiger partial charge in [0.1, 0.15) is 5.75 Å². The van der Waals surface area contributed by atoms with Gasteiger partial charge in [-0.1, -0.05) is 28.1 Å².